The van der Waals surface area contributed by atoms with Gasteiger partial charge in [-0.2, -0.15) is 0 Å². The van der Waals surface area contributed by atoms with Gasteiger partial charge in [0, 0.05) is 5.56 Å². The first-order valence-corrected chi connectivity index (χ1v) is 4.20. The number of allylic oxidation sites excluding steroid dienone is 1. The molecule has 0 unspecified atom stereocenters. The van der Waals surface area contributed by atoms with Crippen LogP contribution in [0.3, 0.4) is 0 Å². The molecule has 0 radical (unpaired) electrons. The van der Waals surface area contributed by atoms with E-state index in [4.69, 9.17) is 10.2 Å². The summed E-state index contributed by atoms with van der Waals surface area (Å²) in [6, 6.07) is 7.14. The molecule has 0 spiro atoms. The van der Waals surface area contributed by atoms with E-state index >= 15 is 0 Å². The smallest absolute Gasteiger partial charge is 0.178 e. The van der Waals surface area contributed by atoms with E-state index in [0.29, 0.717) is 5.56 Å². The predicted molar refractivity (Wildman–Crippen MR) is 52.9 cm³/mol. The number of hydrogen-bond donors (Lipinski definition) is 2. The summed E-state index contributed by atoms with van der Waals surface area (Å²) in [4.78, 5) is 0. The van der Waals surface area contributed by atoms with Crippen molar-refractivity contribution < 1.29 is 10.2 Å². The fourth-order valence-electron chi connectivity index (χ4n) is 1.10. The molecule has 0 aliphatic heterocycles. The Morgan fingerprint density at radius 2 is 1.69 bits per heavy atom. The topological polar surface area (TPSA) is 40.5 Å². The van der Waals surface area contributed by atoms with Gasteiger partial charge >= 0.3 is 0 Å². The lowest BCUT2D eigenvalue weighted by Crippen LogP contribution is -1.93. The first-order chi connectivity index (χ1) is 6.09. The summed E-state index contributed by atoms with van der Waals surface area (Å²) in [5.41, 5.74) is 2.81. The highest BCUT2D eigenvalue weighted by Crippen LogP contribution is 2.12. The number of aliphatic hydroxyl groups is 2. The third kappa shape index (κ3) is 3.01. The normalized spacial score (nSPS) is 10.2. The SMILES string of the molecule is CC(C)=Cc1ccc(C(O)O)cc1. The zero-order valence-electron chi connectivity index (χ0n) is 7.86. The van der Waals surface area contributed by atoms with Gasteiger partial charge in [0.1, 0.15) is 0 Å². The van der Waals surface area contributed by atoms with Gasteiger partial charge in [-0.25, -0.2) is 0 Å². The Morgan fingerprint density at radius 1 is 1.15 bits per heavy atom. The Labute approximate surface area is 78.2 Å². The molecule has 0 fully saturated rings. The first-order valence-electron chi connectivity index (χ1n) is 4.20. The summed E-state index contributed by atoms with van der Waals surface area (Å²) < 4.78 is 0. The van der Waals surface area contributed by atoms with E-state index in [0.717, 1.165) is 5.56 Å². The predicted octanol–water partition coefficient (Wildman–Crippen LogP) is 2.09. The lowest BCUT2D eigenvalue weighted by Gasteiger charge is -2.03. The van der Waals surface area contributed by atoms with Gasteiger partial charge in [0.05, 0.1) is 0 Å². The first kappa shape index (κ1) is 9.96. The van der Waals surface area contributed by atoms with Gasteiger partial charge in [-0.05, 0) is 19.4 Å². The summed E-state index contributed by atoms with van der Waals surface area (Å²) in [5, 5.41) is 17.7. The third-order valence-electron chi connectivity index (χ3n) is 1.69. The standard InChI is InChI=1S/C11H14O2/c1-8(2)7-9-3-5-10(6-4-9)11(12)13/h3-7,11-13H,1-2H3. The van der Waals surface area contributed by atoms with Crippen molar-refractivity contribution in [2.75, 3.05) is 0 Å². The van der Waals surface area contributed by atoms with Crippen LogP contribution in [0.25, 0.3) is 6.08 Å². The van der Waals surface area contributed by atoms with E-state index in [1.807, 2.05) is 32.1 Å². The zero-order chi connectivity index (χ0) is 9.84. The molecule has 0 atom stereocenters. The molecular formula is C11H14O2. The van der Waals surface area contributed by atoms with Crippen LogP contribution in [0.1, 0.15) is 31.3 Å². The molecule has 0 aliphatic rings. The summed E-state index contributed by atoms with van der Waals surface area (Å²) in [5.74, 6) is 0. The molecule has 0 saturated carbocycles. The fraction of sp³-hybridized carbons (Fsp3) is 0.273. The maximum atomic E-state index is 8.84. The van der Waals surface area contributed by atoms with Crippen molar-refractivity contribution in [1.82, 2.24) is 0 Å². The molecule has 1 aromatic rings. The van der Waals surface area contributed by atoms with Crippen LogP contribution >= 0.6 is 0 Å². The summed E-state index contributed by atoms with van der Waals surface area (Å²) in [7, 11) is 0. The molecule has 0 heterocycles. The summed E-state index contributed by atoms with van der Waals surface area (Å²) in [6.45, 7) is 4.05. The Hall–Kier alpha value is -1.12. The Balaban J connectivity index is 2.88. The van der Waals surface area contributed by atoms with Crippen molar-refractivity contribution in [3.63, 3.8) is 0 Å². The molecular weight excluding hydrogens is 164 g/mol. The van der Waals surface area contributed by atoms with Crippen molar-refractivity contribution in [2.45, 2.75) is 20.1 Å². The van der Waals surface area contributed by atoms with Gasteiger partial charge in [0.2, 0.25) is 0 Å². The van der Waals surface area contributed by atoms with Crippen LogP contribution in [0.2, 0.25) is 0 Å². The highest BCUT2D eigenvalue weighted by Gasteiger charge is 1.99. The van der Waals surface area contributed by atoms with Crippen molar-refractivity contribution in [3.05, 3.63) is 41.0 Å². The van der Waals surface area contributed by atoms with Gasteiger partial charge in [0.15, 0.2) is 6.29 Å². The Morgan fingerprint density at radius 3 is 2.08 bits per heavy atom. The van der Waals surface area contributed by atoms with E-state index in [2.05, 4.69) is 0 Å². The monoisotopic (exact) mass is 178 g/mol. The zero-order valence-corrected chi connectivity index (χ0v) is 7.86. The van der Waals surface area contributed by atoms with Gasteiger partial charge in [-0.15, -0.1) is 0 Å². The molecule has 2 N–H and O–H groups in total. The third-order valence-corrected chi connectivity index (χ3v) is 1.69. The van der Waals surface area contributed by atoms with Crippen molar-refractivity contribution in [3.8, 4) is 0 Å². The van der Waals surface area contributed by atoms with Gasteiger partial charge in [0.25, 0.3) is 0 Å². The molecule has 2 nitrogen and oxygen atoms in total. The minimum Gasteiger partial charge on any atom is -0.364 e. The molecule has 0 aromatic heterocycles. The number of hydrogen-bond acceptors (Lipinski definition) is 2. The second-order valence-corrected chi connectivity index (χ2v) is 3.26. The molecule has 0 saturated heterocycles. The van der Waals surface area contributed by atoms with Crippen LogP contribution in [0, 0.1) is 0 Å². The second-order valence-electron chi connectivity index (χ2n) is 3.26. The molecule has 2 heteroatoms. The van der Waals surface area contributed by atoms with Crippen LogP contribution in [0.15, 0.2) is 29.8 Å². The number of aliphatic hydroxyl groups excluding tert-OH is 1. The van der Waals surface area contributed by atoms with Crippen LogP contribution in [-0.4, -0.2) is 10.2 Å². The van der Waals surface area contributed by atoms with Crippen LogP contribution in [0.4, 0.5) is 0 Å². The van der Waals surface area contributed by atoms with Crippen LogP contribution in [-0.2, 0) is 0 Å². The molecule has 70 valence electrons. The average molecular weight is 178 g/mol. The van der Waals surface area contributed by atoms with E-state index in [9.17, 15) is 0 Å². The molecule has 0 amide bonds. The molecule has 1 rings (SSSR count). The van der Waals surface area contributed by atoms with Crippen molar-refractivity contribution in [2.24, 2.45) is 0 Å². The minimum atomic E-state index is -1.37. The average Bonchev–Trinajstić information content (AvgIpc) is 2.04. The van der Waals surface area contributed by atoms with Gasteiger partial charge in [-0.1, -0.05) is 35.9 Å². The number of benzene rings is 1. The minimum absolute atomic E-state index is 0.519. The highest BCUT2D eigenvalue weighted by molar-refractivity contribution is 5.52. The Bertz CT molecular complexity index is 292. The van der Waals surface area contributed by atoms with Crippen LogP contribution in [0.5, 0.6) is 0 Å². The van der Waals surface area contributed by atoms with E-state index in [1.165, 1.54) is 5.57 Å². The van der Waals surface area contributed by atoms with E-state index < -0.39 is 6.29 Å². The van der Waals surface area contributed by atoms with E-state index in [1.54, 1.807) is 12.1 Å². The number of rotatable bonds is 2. The maximum Gasteiger partial charge on any atom is 0.178 e. The quantitative estimate of drug-likeness (QED) is 0.681. The molecule has 0 bridgehead atoms. The van der Waals surface area contributed by atoms with Gasteiger partial charge < -0.3 is 10.2 Å². The largest absolute Gasteiger partial charge is 0.364 e. The highest BCUT2D eigenvalue weighted by atomic mass is 16.5. The summed E-state index contributed by atoms with van der Waals surface area (Å²) >= 11 is 0. The Kier molecular flexibility index (Phi) is 3.23. The fourth-order valence-corrected chi connectivity index (χ4v) is 1.10. The van der Waals surface area contributed by atoms with Crippen LogP contribution < -0.4 is 0 Å². The van der Waals surface area contributed by atoms with E-state index in [-0.39, 0.29) is 0 Å². The maximum absolute atomic E-state index is 8.84. The molecule has 1 aromatic carbocycles. The van der Waals surface area contributed by atoms with Crippen molar-refractivity contribution >= 4 is 6.08 Å². The lowest BCUT2D eigenvalue weighted by atomic mass is 10.1. The summed E-state index contributed by atoms with van der Waals surface area (Å²) in [6.07, 6.45) is 0.661. The molecule has 0 aliphatic carbocycles. The van der Waals surface area contributed by atoms with Crippen molar-refractivity contribution in [1.29, 1.82) is 0 Å². The second kappa shape index (κ2) is 4.21. The van der Waals surface area contributed by atoms with Gasteiger partial charge in [-0.3, -0.25) is 0 Å². The lowest BCUT2D eigenvalue weighted by molar-refractivity contribution is -0.0424. The molecule has 13 heavy (non-hydrogen) atoms.